The van der Waals surface area contributed by atoms with E-state index in [9.17, 15) is 4.79 Å². The summed E-state index contributed by atoms with van der Waals surface area (Å²) in [7, 11) is 0. The smallest absolute Gasteiger partial charge is 0.246 e. The maximum absolute atomic E-state index is 11.8. The Morgan fingerprint density at radius 2 is 1.90 bits per heavy atom. The molecule has 29 heavy (non-hydrogen) atoms. The Hall–Kier alpha value is -2.63. The van der Waals surface area contributed by atoms with Gasteiger partial charge in [0.25, 0.3) is 0 Å². The lowest BCUT2D eigenvalue weighted by Crippen LogP contribution is -2.48. The van der Waals surface area contributed by atoms with Crippen LogP contribution < -0.4 is 4.90 Å². The molecule has 1 fully saturated rings. The number of benzene rings is 1. The van der Waals surface area contributed by atoms with E-state index in [0.717, 1.165) is 27.9 Å². The Morgan fingerprint density at radius 3 is 2.55 bits per heavy atom. The van der Waals surface area contributed by atoms with Gasteiger partial charge in [0.15, 0.2) is 0 Å². The number of allylic oxidation sites excluding steroid dienone is 5. The molecule has 0 unspecified atom stereocenters. The fourth-order valence-corrected chi connectivity index (χ4v) is 3.75. The third-order valence-corrected chi connectivity index (χ3v) is 5.63. The van der Waals surface area contributed by atoms with Gasteiger partial charge in [-0.3, -0.25) is 4.79 Å². The molecule has 1 aromatic heterocycles. The number of piperazine rings is 1. The molecule has 1 saturated heterocycles. The summed E-state index contributed by atoms with van der Waals surface area (Å²) in [6.45, 7) is 11.7. The van der Waals surface area contributed by atoms with Crippen LogP contribution in [0, 0.1) is 0 Å². The number of fused-ring (bicyclic) bond motifs is 1. The number of carbonyl (C=O) groups excluding carboxylic acids is 1. The van der Waals surface area contributed by atoms with Gasteiger partial charge in [-0.05, 0) is 42.3 Å². The summed E-state index contributed by atoms with van der Waals surface area (Å²) in [4.78, 5) is 24.7. The minimum atomic E-state index is -0.0470. The molecule has 0 N–H and O–H groups in total. The highest BCUT2D eigenvalue weighted by atomic mass is 35.5. The van der Waals surface area contributed by atoms with E-state index in [4.69, 9.17) is 23.2 Å². The average Bonchev–Trinajstić information content (AvgIpc) is 2.75. The molecule has 7 heteroatoms. The van der Waals surface area contributed by atoms with Crippen molar-refractivity contribution < 1.29 is 4.79 Å². The van der Waals surface area contributed by atoms with Gasteiger partial charge >= 0.3 is 0 Å². The first-order valence-electron chi connectivity index (χ1n) is 9.22. The maximum atomic E-state index is 11.8. The summed E-state index contributed by atoms with van der Waals surface area (Å²) in [5, 5.41) is 2.05. The number of halogens is 2. The topological polar surface area (TPSA) is 49.3 Å². The van der Waals surface area contributed by atoms with Gasteiger partial charge in [-0.25, -0.2) is 9.97 Å². The molecule has 0 spiro atoms. The number of anilines is 1. The molecule has 1 aliphatic rings. The van der Waals surface area contributed by atoms with Crippen molar-refractivity contribution >= 4 is 51.4 Å². The number of amides is 1. The zero-order valence-corrected chi connectivity index (χ0v) is 17.7. The zero-order valence-electron chi connectivity index (χ0n) is 16.2. The highest BCUT2D eigenvalue weighted by molar-refractivity contribution is 6.36. The molecule has 3 rings (SSSR count). The van der Waals surface area contributed by atoms with E-state index in [-0.39, 0.29) is 5.91 Å². The molecule has 1 aliphatic heterocycles. The number of aromatic nitrogens is 2. The van der Waals surface area contributed by atoms with Crippen LogP contribution in [0.4, 0.5) is 5.82 Å². The third kappa shape index (κ3) is 4.52. The summed E-state index contributed by atoms with van der Waals surface area (Å²) in [5.41, 5.74) is 2.45. The molecule has 2 heterocycles. The second-order valence-corrected chi connectivity index (χ2v) is 7.45. The molecule has 150 valence electrons. The van der Waals surface area contributed by atoms with Gasteiger partial charge in [0.2, 0.25) is 5.91 Å². The van der Waals surface area contributed by atoms with Crippen molar-refractivity contribution in [2.45, 2.75) is 6.92 Å². The summed E-state index contributed by atoms with van der Waals surface area (Å²) >= 11 is 12.9. The van der Waals surface area contributed by atoms with Crippen molar-refractivity contribution in [2.75, 3.05) is 31.1 Å². The molecule has 0 saturated carbocycles. The molecule has 0 atom stereocenters. The highest BCUT2D eigenvalue weighted by Gasteiger charge is 2.22. The fraction of sp³-hybridized carbons (Fsp3) is 0.227. The Morgan fingerprint density at radius 1 is 1.17 bits per heavy atom. The van der Waals surface area contributed by atoms with Crippen molar-refractivity contribution in [3.8, 4) is 0 Å². The number of hydrogen-bond donors (Lipinski definition) is 0. The monoisotopic (exact) mass is 428 g/mol. The van der Waals surface area contributed by atoms with E-state index in [1.54, 1.807) is 23.1 Å². The van der Waals surface area contributed by atoms with Gasteiger partial charge in [-0.2, -0.15) is 0 Å². The van der Waals surface area contributed by atoms with Gasteiger partial charge in [0.05, 0.1) is 10.5 Å². The largest absolute Gasteiger partial charge is 0.352 e. The second kappa shape index (κ2) is 9.25. The Balaban J connectivity index is 2.00. The Kier molecular flexibility index (Phi) is 6.72. The van der Waals surface area contributed by atoms with Gasteiger partial charge < -0.3 is 9.80 Å². The fourth-order valence-electron chi connectivity index (χ4n) is 3.28. The average molecular weight is 429 g/mol. The lowest BCUT2D eigenvalue weighted by Gasteiger charge is -2.35. The predicted molar refractivity (Wildman–Crippen MR) is 121 cm³/mol. The van der Waals surface area contributed by atoms with E-state index in [1.165, 1.54) is 12.4 Å². The summed E-state index contributed by atoms with van der Waals surface area (Å²) in [6, 6.07) is 3.81. The van der Waals surface area contributed by atoms with Crippen LogP contribution in [0.3, 0.4) is 0 Å². The minimum Gasteiger partial charge on any atom is -0.352 e. The lowest BCUT2D eigenvalue weighted by atomic mass is 10.0. The van der Waals surface area contributed by atoms with Crippen LogP contribution in [-0.2, 0) is 4.79 Å². The first-order valence-corrected chi connectivity index (χ1v) is 9.98. The minimum absolute atomic E-state index is 0.0470. The quantitative estimate of drug-likeness (QED) is 0.505. The van der Waals surface area contributed by atoms with Gasteiger partial charge in [-0.1, -0.05) is 48.5 Å². The van der Waals surface area contributed by atoms with Crippen LogP contribution in [0.25, 0.3) is 16.5 Å². The molecule has 0 aliphatic carbocycles. The maximum Gasteiger partial charge on any atom is 0.246 e. The normalized spacial score (nSPS) is 15.6. The summed E-state index contributed by atoms with van der Waals surface area (Å²) in [6.07, 6.45) is 8.11. The van der Waals surface area contributed by atoms with E-state index in [2.05, 4.69) is 28.0 Å². The second-order valence-electron chi connectivity index (χ2n) is 6.63. The molecule has 1 aromatic carbocycles. The third-order valence-electron chi connectivity index (χ3n) is 4.91. The Bertz CT molecular complexity index is 1020. The first-order chi connectivity index (χ1) is 14.0. The molecular weight excluding hydrogens is 407 g/mol. The van der Waals surface area contributed by atoms with Crippen molar-refractivity contribution in [1.82, 2.24) is 14.9 Å². The predicted octanol–water partition coefficient (Wildman–Crippen LogP) is 4.83. The molecule has 0 radical (unpaired) electrons. The van der Waals surface area contributed by atoms with Crippen molar-refractivity contribution in [1.29, 1.82) is 0 Å². The van der Waals surface area contributed by atoms with Gasteiger partial charge in [-0.15, -0.1) is 0 Å². The summed E-state index contributed by atoms with van der Waals surface area (Å²) < 4.78 is 0. The lowest BCUT2D eigenvalue weighted by molar-refractivity contribution is -0.126. The molecule has 5 nitrogen and oxygen atoms in total. The summed E-state index contributed by atoms with van der Waals surface area (Å²) in [5.74, 6) is 0.776. The molecular formula is C22H22Cl2N4O. The van der Waals surface area contributed by atoms with E-state index < -0.39 is 0 Å². The van der Waals surface area contributed by atoms with Crippen LogP contribution in [0.15, 0.2) is 61.0 Å². The molecule has 2 aromatic rings. The van der Waals surface area contributed by atoms with E-state index in [1.807, 2.05) is 19.1 Å². The van der Waals surface area contributed by atoms with Crippen LogP contribution >= 0.6 is 23.2 Å². The van der Waals surface area contributed by atoms with Crippen molar-refractivity contribution in [3.05, 3.63) is 71.5 Å². The van der Waals surface area contributed by atoms with Crippen LogP contribution in [0.1, 0.15) is 12.5 Å². The highest BCUT2D eigenvalue weighted by Crippen LogP contribution is 2.34. The van der Waals surface area contributed by atoms with E-state index >= 15 is 0 Å². The Labute approximate surface area is 180 Å². The van der Waals surface area contributed by atoms with Crippen LogP contribution in [-0.4, -0.2) is 47.0 Å². The van der Waals surface area contributed by atoms with E-state index in [0.29, 0.717) is 36.2 Å². The standard InChI is InChI=1S/C22H22Cl2N4O/c1-4-6-7-18(23)15(3)16-12-17-20(13-19(16)24)25-14-26-22(17)28-10-8-27(9-11-28)21(29)5-2/h4-7,12-14H,1-2,8-11H2,3H3/b7-6-,18-15-. The van der Waals surface area contributed by atoms with Crippen molar-refractivity contribution in [2.24, 2.45) is 0 Å². The van der Waals surface area contributed by atoms with Gasteiger partial charge in [0.1, 0.15) is 12.1 Å². The number of rotatable bonds is 5. The SMILES string of the molecule is C=C/C=C\C(Cl)=C(/C)c1cc2c(N3CCN(C(=O)C=C)CC3)ncnc2cc1Cl. The van der Waals surface area contributed by atoms with Crippen molar-refractivity contribution in [3.63, 3.8) is 0 Å². The number of hydrogen-bond acceptors (Lipinski definition) is 4. The molecule has 1 amide bonds. The van der Waals surface area contributed by atoms with Crippen LogP contribution in [0.2, 0.25) is 5.02 Å². The number of nitrogens with zero attached hydrogens (tertiary/aromatic N) is 4. The first kappa shape index (κ1) is 21.1. The molecule has 0 bridgehead atoms. The number of carbonyl (C=O) groups is 1. The van der Waals surface area contributed by atoms with Crippen LogP contribution in [0.5, 0.6) is 0 Å². The zero-order chi connectivity index (χ0) is 21.0. The van der Waals surface area contributed by atoms with Gasteiger partial charge in [0, 0.05) is 36.6 Å².